The third-order valence-electron chi connectivity index (χ3n) is 3.48. The van der Waals surface area contributed by atoms with E-state index < -0.39 is 0 Å². The maximum Gasteiger partial charge on any atom is 0.256 e. The quantitative estimate of drug-likeness (QED) is 0.832. The van der Waals surface area contributed by atoms with Crippen LogP contribution >= 0.6 is 0 Å². The molecule has 2 aromatic rings. The molecule has 0 radical (unpaired) electrons. The second-order valence-corrected chi connectivity index (χ2v) is 5.92. The summed E-state index contributed by atoms with van der Waals surface area (Å²) in [5.41, 5.74) is 7.01. The summed E-state index contributed by atoms with van der Waals surface area (Å²) < 4.78 is 1.94. The van der Waals surface area contributed by atoms with Crippen LogP contribution in [-0.4, -0.2) is 17.0 Å². The Morgan fingerprint density at radius 1 is 1.36 bits per heavy atom. The summed E-state index contributed by atoms with van der Waals surface area (Å²) in [5, 5.41) is 3.18. The SMILES string of the molecule is CCCNC(=O)c1cn(CC(C)C)c2cccc(N)c2c1=O. The number of anilines is 1. The number of pyridine rings is 1. The van der Waals surface area contributed by atoms with Crippen molar-refractivity contribution in [2.24, 2.45) is 5.92 Å². The van der Waals surface area contributed by atoms with Gasteiger partial charge < -0.3 is 15.6 Å². The van der Waals surface area contributed by atoms with E-state index in [2.05, 4.69) is 19.2 Å². The van der Waals surface area contributed by atoms with Crippen LogP contribution < -0.4 is 16.5 Å². The maximum atomic E-state index is 12.6. The van der Waals surface area contributed by atoms with Gasteiger partial charge in [-0.3, -0.25) is 9.59 Å². The molecule has 0 spiro atoms. The molecule has 0 fully saturated rings. The number of hydrogen-bond donors (Lipinski definition) is 2. The highest BCUT2D eigenvalue weighted by molar-refractivity contribution is 6.00. The number of benzene rings is 1. The number of nitrogens with two attached hydrogens (primary N) is 1. The summed E-state index contributed by atoms with van der Waals surface area (Å²) in [6.07, 6.45) is 2.47. The van der Waals surface area contributed by atoms with E-state index in [9.17, 15) is 9.59 Å². The molecule has 0 unspecified atom stereocenters. The minimum absolute atomic E-state index is 0.152. The molecule has 1 heterocycles. The number of fused-ring (bicyclic) bond motifs is 1. The lowest BCUT2D eigenvalue weighted by molar-refractivity contribution is 0.0952. The monoisotopic (exact) mass is 301 g/mol. The summed E-state index contributed by atoms with van der Waals surface area (Å²) >= 11 is 0. The van der Waals surface area contributed by atoms with Gasteiger partial charge >= 0.3 is 0 Å². The second-order valence-electron chi connectivity index (χ2n) is 5.92. The number of aromatic nitrogens is 1. The first-order valence-electron chi connectivity index (χ1n) is 7.65. The number of nitrogen functional groups attached to an aromatic ring is 1. The normalized spacial score (nSPS) is 11.1. The fourth-order valence-corrected chi connectivity index (χ4v) is 2.50. The van der Waals surface area contributed by atoms with Crippen LogP contribution in [0.4, 0.5) is 5.69 Å². The van der Waals surface area contributed by atoms with Crippen molar-refractivity contribution in [3.8, 4) is 0 Å². The summed E-state index contributed by atoms with van der Waals surface area (Å²) in [6, 6.07) is 5.38. The largest absolute Gasteiger partial charge is 0.398 e. The zero-order valence-electron chi connectivity index (χ0n) is 13.3. The number of carbonyl (C=O) groups is 1. The van der Waals surface area contributed by atoms with Crippen molar-refractivity contribution in [1.82, 2.24) is 9.88 Å². The first kappa shape index (κ1) is 16.1. The molecule has 0 atom stereocenters. The van der Waals surface area contributed by atoms with E-state index in [-0.39, 0.29) is 16.9 Å². The third-order valence-corrected chi connectivity index (χ3v) is 3.48. The van der Waals surface area contributed by atoms with Crippen LogP contribution in [0, 0.1) is 5.92 Å². The van der Waals surface area contributed by atoms with Crippen LogP contribution in [-0.2, 0) is 6.54 Å². The molecule has 3 N–H and O–H groups in total. The van der Waals surface area contributed by atoms with Gasteiger partial charge in [-0.05, 0) is 24.5 Å². The fraction of sp³-hybridized carbons (Fsp3) is 0.412. The summed E-state index contributed by atoms with van der Waals surface area (Å²) in [6.45, 7) is 7.41. The van der Waals surface area contributed by atoms with E-state index in [1.165, 1.54) is 0 Å². The molecule has 5 nitrogen and oxygen atoms in total. The molecule has 0 saturated heterocycles. The van der Waals surface area contributed by atoms with Crippen LogP contribution in [0.25, 0.3) is 10.9 Å². The Morgan fingerprint density at radius 2 is 2.09 bits per heavy atom. The Labute approximate surface area is 130 Å². The van der Waals surface area contributed by atoms with Gasteiger partial charge in [0.2, 0.25) is 5.43 Å². The van der Waals surface area contributed by atoms with Crippen molar-refractivity contribution in [2.45, 2.75) is 33.7 Å². The van der Waals surface area contributed by atoms with E-state index in [0.717, 1.165) is 11.9 Å². The molecule has 1 aromatic heterocycles. The van der Waals surface area contributed by atoms with Crippen molar-refractivity contribution < 1.29 is 4.79 Å². The molecule has 22 heavy (non-hydrogen) atoms. The molecule has 0 bridgehead atoms. The van der Waals surface area contributed by atoms with Crippen LogP contribution in [0.15, 0.2) is 29.2 Å². The first-order chi connectivity index (χ1) is 10.5. The van der Waals surface area contributed by atoms with Gasteiger partial charge in [0.05, 0.1) is 10.9 Å². The average molecular weight is 301 g/mol. The highest BCUT2D eigenvalue weighted by Gasteiger charge is 2.17. The van der Waals surface area contributed by atoms with Gasteiger partial charge in [0.15, 0.2) is 0 Å². The Bertz CT molecular complexity index is 747. The minimum atomic E-state index is -0.338. The summed E-state index contributed by atoms with van der Waals surface area (Å²) in [5.74, 6) is 0.0493. The van der Waals surface area contributed by atoms with E-state index in [1.807, 2.05) is 23.6 Å². The fourth-order valence-electron chi connectivity index (χ4n) is 2.50. The molecule has 0 saturated carbocycles. The molecule has 5 heteroatoms. The second kappa shape index (κ2) is 6.64. The summed E-state index contributed by atoms with van der Waals surface area (Å²) in [7, 11) is 0. The van der Waals surface area contributed by atoms with E-state index in [4.69, 9.17) is 5.73 Å². The van der Waals surface area contributed by atoms with Gasteiger partial charge in [-0.15, -0.1) is 0 Å². The molecule has 0 aliphatic carbocycles. The lowest BCUT2D eigenvalue weighted by Crippen LogP contribution is -2.30. The number of carbonyl (C=O) groups excluding carboxylic acids is 1. The van der Waals surface area contributed by atoms with Crippen molar-refractivity contribution in [3.05, 3.63) is 40.2 Å². The molecule has 0 aliphatic rings. The number of nitrogens with one attached hydrogen (secondary N) is 1. The van der Waals surface area contributed by atoms with Crippen LogP contribution in [0.5, 0.6) is 0 Å². The van der Waals surface area contributed by atoms with Gasteiger partial charge in [-0.25, -0.2) is 0 Å². The zero-order valence-corrected chi connectivity index (χ0v) is 13.3. The molecule has 2 rings (SSSR count). The van der Waals surface area contributed by atoms with E-state index >= 15 is 0 Å². The van der Waals surface area contributed by atoms with Crippen LogP contribution in [0.2, 0.25) is 0 Å². The first-order valence-corrected chi connectivity index (χ1v) is 7.65. The zero-order chi connectivity index (χ0) is 16.3. The van der Waals surface area contributed by atoms with Crippen molar-refractivity contribution >= 4 is 22.5 Å². The predicted octanol–water partition coefficient (Wildman–Crippen LogP) is 2.38. The van der Waals surface area contributed by atoms with Crippen molar-refractivity contribution in [1.29, 1.82) is 0 Å². The summed E-state index contributed by atoms with van der Waals surface area (Å²) in [4.78, 5) is 24.9. The molecular formula is C17H23N3O2. The van der Waals surface area contributed by atoms with E-state index in [1.54, 1.807) is 12.3 Å². The topological polar surface area (TPSA) is 77.1 Å². The van der Waals surface area contributed by atoms with Gasteiger partial charge in [0.25, 0.3) is 5.91 Å². The molecule has 1 amide bonds. The van der Waals surface area contributed by atoms with Gasteiger partial charge in [0, 0.05) is 25.0 Å². The van der Waals surface area contributed by atoms with Crippen molar-refractivity contribution in [2.75, 3.05) is 12.3 Å². The maximum absolute atomic E-state index is 12.6. The predicted molar refractivity (Wildman–Crippen MR) is 90.1 cm³/mol. The average Bonchev–Trinajstić information content (AvgIpc) is 2.47. The smallest absolute Gasteiger partial charge is 0.256 e. The highest BCUT2D eigenvalue weighted by atomic mass is 16.2. The van der Waals surface area contributed by atoms with E-state index in [0.29, 0.717) is 30.1 Å². The number of rotatable bonds is 5. The standard InChI is InChI=1S/C17H23N3O2/c1-4-8-19-17(22)12-10-20(9-11(2)3)14-7-5-6-13(18)15(14)16(12)21/h5-7,10-11H,4,8-9,18H2,1-3H3,(H,19,22). The molecule has 1 aromatic carbocycles. The molecule has 118 valence electrons. The van der Waals surface area contributed by atoms with Crippen molar-refractivity contribution in [3.63, 3.8) is 0 Å². The van der Waals surface area contributed by atoms with Gasteiger partial charge in [-0.1, -0.05) is 26.8 Å². The Balaban J connectivity index is 2.67. The Kier molecular flexibility index (Phi) is 4.85. The van der Waals surface area contributed by atoms with Gasteiger partial charge in [-0.2, -0.15) is 0 Å². The number of nitrogens with zero attached hydrogens (tertiary/aromatic N) is 1. The Morgan fingerprint density at radius 3 is 2.73 bits per heavy atom. The molecule has 0 aliphatic heterocycles. The lowest BCUT2D eigenvalue weighted by atomic mass is 10.1. The highest BCUT2D eigenvalue weighted by Crippen LogP contribution is 2.19. The van der Waals surface area contributed by atoms with Crippen LogP contribution in [0.1, 0.15) is 37.6 Å². The lowest BCUT2D eigenvalue weighted by Gasteiger charge is -2.16. The Hall–Kier alpha value is -2.30. The number of amides is 1. The van der Waals surface area contributed by atoms with Crippen LogP contribution in [0.3, 0.4) is 0 Å². The minimum Gasteiger partial charge on any atom is -0.398 e. The van der Waals surface area contributed by atoms with Gasteiger partial charge in [0.1, 0.15) is 5.56 Å². The number of hydrogen-bond acceptors (Lipinski definition) is 3. The third kappa shape index (κ3) is 3.13. The molecular weight excluding hydrogens is 278 g/mol.